The van der Waals surface area contributed by atoms with Gasteiger partial charge in [0.05, 0.1) is 0 Å². The molecule has 1 aromatic carbocycles. The first-order valence-corrected chi connectivity index (χ1v) is 5.98. The molecule has 8 heteroatoms. The lowest BCUT2D eigenvalue weighted by Gasteiger charge is -2.23. The maximum atomic E-state index is 12.8. The second kappa shape index (κ2) is 5.59. The van der Waals surface area contributed by atoms with Crippen molar-refractivity contribution >= 4 is 11.6 Å². The molecule has 0 fully saturated rings. The lowest BCUT2D eigenvalue weighted by molar-refractivity contribution is -0.267. The summed E-state index contributed by atoms with van der Waals surface area (Å²) in [4.78, 5) is 11.0. The summed E-state index contributed by atoms with van der Waals surface area (Å²) >= 11 is 0. The van der Waals surface area contributed by atoms with E-state index in [4.69, 9.17) is 5.73 Å². The molecular weight excluding hydrogens is 295 g/mol. The van der Waals surface area contributed by atoms with Crippen LogP contribution in [0.1, 0.15) is 19.4 Å². The highest BCUT2D eigenvalue weighted by atomic mass is 19.4. The van der Waals surface area contributed by atoms with Crippen LogP contribution in [0, 0.1) is 0 Å². The van der Waals surface area contributed by atoms with Gasteiger partial charge in [-0.05, 0) is 17.7 Å². The minimum Gasteiger partial charge on any atom is -0.330 e. The fraction of sp³-hybridized carbons (Fsp3) is 0.462. The van der Waals surface area contributed by atoms with Gasteiger partial charge in [-0.1, -0.05) is 26.0 Å². The van der Waals surface area contributed by atoms with Gasteiger partial charge in [-0.3, -0.25) is 4.79 Å². The maximum absolute atomic E-state index is 12.8. The molecule has 0 aliphatic carbocycles. The van der Waals surface area contributed by atoms with E-state index in [1.165, 1.54) is 24.3 Å². The maximum Gasteiger partial charge on any atom is 0.463 e. The van der Waals surface area contributed by atoms with Crippen LogP contribution in [0.2, 0.25) is 0 Å². The summed E-state index contributed by atoms with van der Waals surface area (Å²) in [5.41, 5.74) is 5.81. The van der Waals surface area contributed by atoms with Crippen molar-refractivity contribution in [1.82, 2.24) is 0 Å². The van der Waals surface area contributed by atoms with E-state index in [0.29, 0.717) is 6.54 Å². The zero-order valence-electron chi connectivity index (χ0n) is 11.4. The predicted molar refractivity (Wildman–Crippen MR) is 68.2 cm³/mol. The van der Waals surface area contributed by atoms with Gasteiger partial charge in [-0.15, -0.1) is 0 Å². The van der Waals surface area contributed by atoms with Crippen molar-refractivity contribution in [3.8, 4) is 0 Å². The number of hydrogen-bond donors (Lipinski definition) is 2. The topological polar surface area (TPSA) is 55.1 Å². The molecule has 0 bridgehead atoms. The van der Waals surface area contributed by atoms with Gasteiger partial charge in [-0.2, -0.15) is 22.0 Å². The van der Waals surface area contributed by atoms with Crippen LogP contribution in [0.25, 0.3) is 0 Å². The summed E-state index contributed by atoms with van der Waals surface area (Å²) in [6, 6.07) is 5.51. The van der Waals surface area contributed by atoms with Crippen LogP contribution in [-0.2, 0) is 10.2 Å². The van der Waals surface area contributed by atoms with Gasteiger partial charge in [0.25, 0.3) is 0 Å². The Balaban J connectivity index is 2.89. The van der Waals surface area contributed by atoms with Crippen LogP contribution in [0.5, 0.6) is 0 Å². The Labute approximate surface area is 118 Å². The molecule has 0 atom stereocenters. The van der Waals surface area contributed by atoms with E-state index in [2.05, 4.69) is 0 Å². The number of nitrogens with two attached hydrogens (primary N) is 1. The number of amides is 1. The zero-order valence-corrected chi connectivity index (χ0v) is 11.4. The Hall–Kier alpha value is -1.70. The lowest BCUT2D eigenvalue weighted by atomic mass is 9.85. The van der Waals surface area contributed by atoms with Gasteiger partial charge in [0, 0.05) is 17.6 Å². The monoisotopic (exact) mass is 310 g/mol. The number of carbonyl (C=O) groups excluding carboxylic acids is 1. The van der Waals surface area contributed by atoms with E-state index in [1.807, 2.05) is 13.8 Å². The molecule has 0 heterocycles. The third kappa shape index (κ3) is 3.69. The molecule has 3 N–H and O–H groups in total. The third-order valence-corrected chi connectivity index (χ3v) is 3.08. The highest BCUT2D eigenvalue weighted by Gasteiger charge is 2.63. The van der Waals surface area contributed by atoms with E-state index in [1.54, 1.807) is 5.32 Å². The molecular formula is C13H15F5N2O. The zero-order chi connectivity index (χ0) is 16.5. The van der Waals surface area contributed by atoms with Crippen molar-refractivity contribution in [3.05, 3.63) is 29.8 Å². The van der Waals surface area contributed by atoms with Gasteiger partial charge in [0.2, 0.25) is 0 Å². The van der Waals surface area contributed by atoms with Crippen LogP contribution in [0.3, 0.4) is 0 Å². The van der Waals surface area contributed by atoms with Gasteiger partial charge in [0.15, 0.2) is 0 Å². The number of benzene rings is 1. The Kier molecular flexibility index (Phi) is 4.62. The molecule has 0 aliphatic rings. The number of carbonyl (C=O) groups is 1. The highest BCUT2D eigenvalue weighted by molar-refractivity contribution is 5.96. The molecule has 0 aromatic heterocycles. The summed E-state index contributed by atoms with van der Waals surface area (Å²) in [5.74, 6) is -7.86. The van der Waals surface area contributed by atoms with Crippen LogP contribution < -0.4 is 11.1 Å². The summed E-state index contributed by atoms with van der Waals surface area (Å²) in [7, 11) is 0. The number of nitrogens with one attached hydrogen (secondary N) is 1. The molecule has 0 radical (unpaired) electrons. The lowest BCUT2D eigenvalue weighted by Crippen LogP contribution is -2.47. The van der Waals surface area contributed by atoms with Gasteiger partial charge in [0.1, 0.15) is 0 Å². The van der Waals surface area contributed by atoms with E-state index in [0.717, 1.165) is 5.56 Å². The van der Waals surface area contributed by atoms with Crippen molar-refractivity contribution in [3.63, 3.8) is 0 Å². The Bertz CT molecular complexity index is 508. The van der Waals surface area contributed by atoms with E-state index in [9.17, 15) is 26.7 Å². The fourth-order valence-electron chi connectivity index (χ4n) is 1.46. The van der Waals surface area contributed by atoms with E-state index < -0.39 is 18.0 Å². The molecule has 0 unspecified atom stereocenters. The molecule has 1 amide bonds. The Morgan fingerprint density at radius 2 is 1.57 bits per heavy atom. The molecule has 0 saturated heterocycles. The highest BCUT2D eigenvalue weighted by Crippen LogP contribution is 2.36. The quantitative estimate of drug-likeness (QED) is 0.840. The number of halogens is 5. The summed E-state index contributed by atoms with van der Waals surface area (Å²) < 4.78 is 61.6. The minimum atomic E-state index is -5.93. The Morgan fingerprint density at radius 3 is 1.95 bits per heavy atom. The Morgan fingerprint density at radius 1 is 1.10 bits per heavy atom. The number of rotatable bonds is 4. The second-order valence-corrected chi connectivity index (χ2v) is 5.19. The summed E-state index contributed by atoms with van der Waals surface area (Å²) in [6.07, 6.45) is -5.93. The normalized spacial score (nSPS) is 13.1. The average Bonchev–Trinajstić information content (AvgIpc) is 2.38. The molecule has 0 aliphatic heterocycles. The van der Waals surface area contributed by atoms with Crippen molar-refractivity contribution < 1.29 is 26.7 Å². The molecule has 118 valence electrons. The summed E-state index contributed by atoms with van der Waals surface area (Å²) in [6.45, 7) is 4.02. The third-order valence-electron chi connectivity index (χ3n) is 3.08. The molecule has 21 heavy (non-hydrogen) atoms. The van der Waals surface area contributed by atoms with Crippen LogP contribution in [0.15, 0.2) is 24.3 Å². The molecule has 1 aromatic rings. The first-order valence-electron chi connectivity index (χ1n) is 5.98. The van der Waals surface area contributed by atoms with Crippen molar-refractivity contribution in [2.45, 2.75) is 31.4 Å². The van der Waals surface area contributed by atoms with Crippen molar-refractivity contribution in [2.75, 3.05) is 11.9 Å². The number of hydrogen-bond acceptors (Lipinski definition) is 2. The van der Waals surface area contributed by atoms with E-state index >= 15 is 0 Å². The fourth-order valence-corrected chi connectivity index (χ4v) is 1.46. The van der Waals surface area contributed by atoms with Gasteiger partial charge < -0.3 is 11.1 Å². The summed E-state index contributed by atoms with van der Waals surface area (Å²) in [5, 5.41) is 1.55. The van der Waals surface area contributed by atoms with Crippen molar-refractivity contribution in [2.24, 2.45) is 5.73 Å². The largest absolute Gasteiger partial charge is 0.463 e. The minimum absolute atomic E-state index is 0.152. The number of alkyl halides is 5. The molecule has 1 rings (SSSR count). The molecule has 0 saturated carbocycles. The average molecular weight is 310 g/mol. The standard InChI is InChI=1S/C13H15F5N2O/c1-11(2,7-19)8-3-5-9(6-4-8)20-10(21)12(14,15)13(16,17)18/h3-6H,7,19H2,1-2H3,(H,20,21). The number of anilines is 1. The smallest absolute Gasteiger partial charge is 0.330 e. The van der Waals surface area contributed by atoms with Crippen molar-refractivity contribution in [1.29, 1.82) is 0 Å². The SMILES string of the molecule is CC(C)(CN)c1ccc(NC(=O)C(F)(F)C(F)(F)F)cc1. The second-order valence-electron chi connectivity index (χ2n) is 5.19. The van der Waals surface area contributed by atoms with E-state index in [-0.39, 0.29) is 11.1 Å². The molecule has 0 spiro atoms. The van der Waals surface area contributed by atoms with Crippen LogP contribution >= 0.6 is 0 Å². The first-order chi connectivity index (χ1) is 9.41. The molecule has 3 nitrogen and oxygen atoms in total. The predicted octanol–water partition coefficient (Wildman–Crippen LogP) is 3.06. The van der Waals surface area contributed by atoms with Gasteiger partial charge in [-0.25, -0.2) is 0 Å². The first kappa shape index (κ1) is 17.4. The van der Waals surface area contributed by atoms with Crippen LogP contribution in [0.4, 0.5) is 27.6 Å². The van der Waals surface area contributed by atoms with Gasteiger partial charge >= 0.3 is 18.0 Å². The van der Waals surface area contributed by atoms with Crippen LogP contribution in [-0.4, -0.2) is 24.6 Å².